The maximum Gasteiger partial charge on any atom is 0.339 e. The number of fused-ring (bicyclic) bond motifs is 2. The van der Waals surface area contributed by atoms with Crippen LogP contribution in [0.3, 0.4) is 0 Å². The highest BCUT2D eigenvalue weighted by atomic mass is 32.1. The molecule has 0 aliphatic carbocycles. The van der Waals surface area contributed by atoms with Gasteiger partial charge in [-0.1, -0.05) is 36.4 Å². The Kier molecular flexibility index (Phi) is 5.79. The number of esters is 2. The van der Waals surface area contributed by atoms with Gasteiger partial charge in [0, 0.05) is 19.2 Å². The molecule has 0 spiro atoms. The number of ether oxygens (including phenoxy) is 2. The zero-order chi connectivity index (χ0) is 21.1. The molecule has 4 nitrogen and oxygen atoms in total. The fourth-order valence-electron chi connectivity index (χ4n) is 3.11. The van der Waals surface area contributed by atoms with Crippen molar-refractivity contribution in [1.29, 1.82) is 0 Å². The third-order valence-electron chi connectivity index (χ3n) is 4.56. The molecule has 0 saturated carbocycles. The molecule has 0 radical (unpaired) electrons. The Hall–Kier alpha value is -3.22. The van der Waals surface area contributed by atoms with E-state index in [9.17, 15) is 9.59 Å². The summed E-state index contributed by atoms with van der Waals surface area (Å²) in [5.74, 6) is -1.03. The molecular formula is C24H18O4S2. The van der Waals surface area contributed by atoms with E-state index in [2.05, 4.69) is 0 Å². The summed E-state index contributed by atoms with van der Waals surface area (Å²) in [6, 6.07) is 19.8. The van der Waals surface area contributed by atoms with Gasteiger partial charge in [-0.25, -0.2) is 9.59 Å². The summed E-state index contributed by atoms with van der Waals surface area (Å²) >= 11 is 3.04. The van der Waals surface area contributed by atoms with Gasteiger partial charge >= 0.3 is 11.9 Å². The lowest BCUT2D eigenvalue weighted by Gasteiger charge is -2.05. The van der Waals surface area contributed by atoms with E-state index in [-0.39, 0.29) is 5.57 Å². The lowest BCUT2D eigenvalue weighted by atomic mass is 10.1. The molecule has 6 heteroatoms. The monoisotopic (exact) mass is 434 g/mol. The van der Waals surface area contributed by atoms with E-state index in [1.807, 2.05) is 60.7 Å². The Morgan fingerprint density at radius 2 is 1.40 bits per heavy atom. The maximum absolute atomic E-state index is 12.6. The zero-order valence-electron chi connectivity index (χ0n) is 16.4. The van der Waals surface area contributed by atoms with E-state index >= 15 is 0 Å². The molecule has 2 aromatic carbocycles. The van der Waals surface area contributed by atoms with Gasteiger partial charge in [0.1, 0.15) is 0 Å². The predicted molar refractivity (Wildman–Crippen MR) is 124 cm³/mol. The lowest BCUT2D eigenvalue weighted by molar-refractivity contribution is -0.135. The number of hydrogen-bond acceptors (Lipinski definition) is 6. The summed E-state index contributed by atoms with van der Waals surface area (Å²) in [7, 11) is 2.66. The second-order valence-corrected chi connectivity index (χ2v) is 8.68. The van der Waals surface area contributed by atoms with Crippen molar-refractivity contribution in [3.05, 3.63) is 82.1 Å². The minimum absolute atomic E-state index is 0.280. The van der Waals surface area contributed by atoms with Crippen LogP contribution in [0.25, 0.3) is 31.8 Å². The van der Waals surface area contributed by atoms with E-state index in [0.29, 0.717) is 5.57 Å². The Morgan fingerprint density at radius 1 is 0.800 bits per heavy atom. The van der Waals surface area contributed by atoms with Crippen molar-refractivity contribution in [3.8, 4) is 0 Å². The molecule has 0 aliphatic rings. The Bertz CT molecular complexity index is 1240. The average molecular weight is 435 g/mol. The molecule has 0 N–H and O–H groups in total. The summed E-state index contributed by atoms with van der Waals surface area (Å²) in [4.78, 5) is 26.7. The zero-order valence-corrected chi connectivity index (χ0v) is 18.0. The van der Waals surface area contributed by atoms with Crippen molar-refractivity contribution in [1.82, 2.24) is 0 Å². The Balaban J connectivity index is 1.84. The lowest BCUT2D eigenvalue weighted by Crippen LogP contribution is -2.07. The molecule has 150 valence electrons. The molecule has 4 rings (SSSR count). The van der Waals surface area contributed by atoms with Gasteiger partial charge in [-0.15, -0.1) is 22.7 Å². The van der Waals surface area contributed by atoms with Gasteiger partial charge in [0.2, 0.25) is 0 Å². The predicted octanol–water partition coefficient (Wildman–Crippen LogP) is 5.93. The van der Waals surface area contributed by atoms with Gasteiger partial charge < -0.3 is 9.47 Å². The summed E-state index contributed by atoms with van der Waals surface area (Å²) < 4.78 is 12.1. The van der Waals surface area contributed by atoms with Crippen molar-refractivity contribution in [3.63, 3.8) is 0 Å². The molecule has 0 atom stereocenters. The van der Waals surface area contributed by atoms with E-state index in [4.69, 9.17) is 9.47 Å². The molecule has 0 bridgehead atoms. The first-order valence-electron chi connectivity index (χ1n) is 9.16. The third-order valence-corrected chi connectivity index (χ3v) is 6.77. The van der Waals surface area contributed by atoms with Crippen molar-refractivity contribution in [2.45, 2.75) is 0 Å². The molecule has 0 fully saturated rings. The molecule has 4 aromatic rings. The van der Waals surface area contributed by atoms with Crippen LogP contribution in [0.15, 0.2) is 72.3 Å². The van der Waals surface area contributed by atoms with Crippen molar-refractivity contribution in [2.75, 3.05) is 14.2 Å². The van der Waals surface area contributed by atoms with Crippen molar-refractivity contribution in [2.24, 2.45) is 0 Å². The van der Waals surface area contributed by atoms with Crippen molar-refractivity contribution < 1.29 is 19.1 Å². The normalized spacial score (nSPS) is 12.3. The first-order valence-corrected chi connectivity index (χ1v) is 10.8. The molecule has 2 heterocycles. The summed E-state index contributed by atoms with van der Waals surface area (Å²) in [5, 5.41) is 2.13. The molecule has 0 aliphatic heterocycles. The average Bonchev–Trinajstić information content (AvgIpc) is 3.38. The molecule has 30 heavy (non-hydrogen) atoms. The van der Waals surface area contributed by atoms with Crippen LogP contribution in [-0.2, 0) is 19.1 Å². The van der Waals surface area contributed by atoms with Crippen molar-refractivity contribution >= 4 is 66.4 Å². The van der Waals surface area contributed by atoms with E-state index in [1.165, 1.54) is 25.6 Å². The third kappa shape index (κ3) is 4.06. The molecule has 0 saturated heterocycles. The van der Waals surface area contributed by atoms with Gasteiger partial charge in [-0.3, -0.25) is 0 Å². The number of carbonyl (C=O) groups excluding carboxylic acids is 2. The minimum atomic E-state index is -0.519. The van der Waals surface area contributed by atoms with Gasteiger partial charge in [0.25, 0.3) is 0 Å². The fourth-order valence-corrected chi connectivity index (χ4v) is 5.20. The van der Waals surface area contributed by atoms with Gasteiger partial charge in [-0.05, 0) is 47.2 Å². The number of hydrogen-bond donors (Lipinski definition) is 0. The summed E-state index contributed by atoms with van der Waals surface area (Å²) in [6.07, 6.45) is 3.29. The first-order chi connectivity index (χ1) is 14.6. The van der Waals surface area contributed by atoms with E-state index < -0.39 is 11.9 Å². The number of thiophene rings is 2. The Morgan fingerprint density at radius 3 is 2.00 bits per heavy atom. The largest absolute Gasteiger partial charge is 0.465 e. The van der Waals surface area contributed by atoms with Gasteiger partial charge in [0.05, 0.1) is 25.4 Å². The van der Waals surface area contributed by atoms with Crippen LogP contribution in [0.4, 0.5) is 0 Å². The second kappa shape index (κ2) is 8.65. The molecular weight excluding hydrogens is 416 g/mol. The number of methoxy groups -OCH3 is 2. The van der Waals surface area contributed by atoms with E-state index in [0.717, 1.165) is 29.9 Å². The maximum atomic E-state index is 12.6. The molecule has 0 amide bonds. The molecule has 0 unspecified atom stereocenters. The Labute approximate surface area is 181 Å². The highest BCUT2D eigenvalue weighted by molar-refractivity contribution is 7.20. The minimum Gasteiger partial charge on any atom is -0.465 e. The van der Waals surface area contributed by atoms with Crippen LogP contribution in [0, 0.1) is 0 Å². The van der Waals surface area contributed by atoms with Crippen LogP contribution < -0.4 is 0 Å². The van der Waals surface area contributed by atoms with Crippen LogP contribution in [0.2, 0.25) is 0 Å². The second-order valence-electron chi connectivity index (χ2n) is 6.48. The van der Waals surface area contributed by atoms with E-state index in [1.54, 1.807) is 23.5 Å². The van der Waals surface area contributed by atoms with Gasteiger partial charge in [0.15, 0.2) is 0 Å². The van der Waals surface area contributed by atoms with Crippen LogP contribution in [-0.4, -0.2) is 26.2 Å². The standard InChI is InChI=1S/C24H18O4S2/c1-27-23(25)17(12-18-11-15-7-3-5-9-20(15)29-18)13-19(24(26)28-2)22-14-16-8-4-6-10-21(16)30-22/h3-14H,1-2H3/b17-12+,19-13-. The molecule has 2 aromatic heterocycles. The number of benzene rings is 2. The number of carbonyl (C=O) groups is 2. The van der Waals surface area contributed by atoms with Crippen LogP contribution in [0.1, 0.15) is 9.75 Å². The SMILES string of the molecule is COC(=O)C(=C/c1cc2ccccc2s1)/C=C(\C(=O)OC)c1cc2ccccc2s1. The van der Waals surface area contributed by atoms with Crippen LogP contribution >= 0.6 is 22.7 Å². The topological polar surface area (TPSA) is 52.6 Å². The first kappa shape index (κ1) is 20.1. The van der Waals surface area contributed by atoms with Crippen LogP contribution in [0.5, 0.6) is 0 Å². The number of rotatable bonds is 5. The summed E-state index contributed by atoms with van der Waals surface area (Å²) in [6.45, 7) is 0. The fraction of sp³-hybridized carbons (Fsp3) is 0.0833. The highest BCUT2D eigenvalue weighted by Gasteiger charge is 2.19. The summed E-state index contributed by atoms with van der Waals surface area (Å²) in [5.41, 5.74) is 0.596. The van der Waals surface area contributed by atoms with Gasteiger partial charge in [-0.2, -0.15) is 0 Å². The highest BCUT2D eigenvalue weighted by Crippen LogP contribution is 2.33. The smallest absolute Gasteiger partial charge is 0.339 e. The quantitative estimate of drug-likeness (QED) is 0.222.